The predicted molar refractivity (Wildman–Crippen MR) is 78.4 cm³/mol. The Bertz CT molecular complexity index is 825. The van der Waals surface area contributed by atoms with Crippen molar-refractivity contribution < 1.29 is 22.4 Å². The first-order chi connectivity index (χ1) is 11.2. The molecule has 0 radical (unpaired) electrons. The Balaban J connectivity index is 2.21. The van der Waals surface area contributed by atoms with Gasteiger partial charge >= 0.3 is 6.18 Å². The zero-order valence-corrected chi connectivity index (χ0v) is 12.3. The van der Waals surface area contributed by atoms with Gasteiger partial charge in [-0.15, -0.1) is 0 Å². The molecule has 8 heteroatoms. The molecule has 0 atom stereocenters. The lowest BCUT2D eigenvalue weighted by atomic mass is 10.1. The number of benzene rings is 2. The van der Waals surface area contributed by atoms with E-state index in [-0.39, 0.29) is 11.1 Å². The summed E-state index contributed by atoms with van der Waals surface area (Å²) in [6, 6.07) is 8.19. The molecular formula is C16H11F4N3O. The van der Waals surface area contributed by atoms with E-state index in [9.17, 15) is 22.4 Å². The van der Waals surface area contributed by atoms with Crippen LogP contribution in [0.3, 0.4) is 0 Å². The van der Waals surface area contributed by atoms with Crippen LogP contribution >= 0.6 is 0 Å². The Morgan fingerprint density at radius 2 is 1.88 bits per heavy atom. The third kappa shape index (κ3) is 3.81. The number of nitrogens with one attached hydrogen (secondary N) is 2. The monoisotopic (exact) mass is 337 g/mol. The molecule has 2 N–H and O–H groups in total. The number of nitrogens with zero attached hydrogens (tertiary/aromatic N) is 1. The Morgan fingerprint density at radius 1 is 1.17 bits per heavy atom. The van der Waals surface area contributed by atoms with Crippen molar-refractivity contribution in [2.45, 2.75) is 13.1 Å². The molecule has 0 unspecified atom stereocenters. The van der Waals surface area contributed by atoms with Crippen LogP contribution in [0, 0.1) is 24.1 Å². The van der Waals surface area contributed by atoms with Crippen molar-refractivity contribution in [3.63, 3.8) is 0 Å². The highest BCUT2D eigenvalue weighted by Gasteiger charge is 2.34. The highest BCUT2D eigenvalue weighted by Crippen LogP contribution is 2.35. The molecule has 4 nitrogen and oxygen atoms in total. The smallest absolute Gasteiger partial charge is 0.298 e. The van der Waals surface area contributed by atoms with E-state index >= 15 is 0 Å². The summed E-state index contributed by atoms with van der Waals surface area (Å²) in [5.74, 6) is -1.40. The molecule has 0 bridgehead atoms. The van der Waals surface area contributed by atoms with E-state index in [1.807, 2.05) is 0 Å². The molecule has 124 valence electrons. The summed E-state index contributed by atoms with van der Waals surface area (Å²) in [6.45, 7) is 1.52. The van der Waals surface area contributed by atoms with Crippen LogP contribution in [-0.2, 0) is 6.18 Å². The number of hydrazine groups is 1. The maximum Gasteiger partial charge on any atom is 0.418 e. The van der Waals surface area contributed by atoms with Gasteiger partial charge in [0.25, 0.3) is 5.91 Å². The number of rotatable bonds is 3. The fourth-order valence-electron chi connectivity index (χ4n) is 1.89. The molecule has 0 saturated carbocycles. The van der Waals surface area contributed by atoms with Crippen molar-refractivity contribution in [1.82, 2.24) is 5.43 Å². The Hall–Kier alpha value is -3.08. The van der Waals surface area contributed by atoms with Gasteiger partial charge in [0, 0.05) is 5.56 Å². The number of carbonyl (C=O) groups excluding carboxylic acids is 1. The van der Waals surface area contributed by atoms with Crippen molar-refractivity contribution in [1.29, 1.82) is 5.26 Å². The van der Waals surface area contributed by atoms with E-state index < -0.39 is 29.2 Å². The number of halogens is 4. The number of alkyl halides is 3. The molecule has 0 aliphatic rings. The second-order valence-corrected chi connectivity index (χ2v) is 4.91. The minimum atomic E-state index is -4.71. The van der Waals surface area contributed by atoms with Crippen LogP contribution in [0.5, 0.6) is 0 Å². The summed E-state index contributed by atoms with van der Waals surface area (Å²) < 4.78 is 52.4. The minimum Gasteiger partial charge on any atom is -0.298 e. The average molecular weight is 337 g/mol. The van der Waals surface area contributed by atoms with E-state index in [1.165, 1.54) is 25.1 Å². The van der Waals surface area contributed by atoms with Crippen LogP contribution in [0.1, 0.15) is 27.0 Å². The van der Waals surface area contributed by atoms with Gasteiger partial charge < -0.3 is 0 Å². The number of amides is 1. The lowest BCUT2D eigenvalue weighted by Gasteiger charge is -2.15. The Morgan fingerprint density at radius 3 is 2.46 bits per heavy atom. The van der Waals surface area contributed by atoms with Crippen LogP contribution in [0.2, 0.25) is 0 Å². The molecular weight excluding hydrogens is 326 g/mol. The zero-order chi connectivity index (χ0) is 17.9. The molecule has 2 aromatic carbocycles. The molecule has 0 heterocycles. The highest BCUT2D eigenvalue weighted by atomic mass is 19.4. The topological polar surface area (TPSA) is 64.9 Å². The number of anilines is 1. The molecule has 0 spiro atoms. The first-order valence-corrected chi connectivity index (χ1v) is 6.66. The molecule has 0 fully saturated rings. The predicted octanol–water partition coefficient (Wildman–Crippen LogP) is 3.78. The number of aryl methyl sites for hydroxylation is 1. The van der Waals surface area contributed by atoms with E-state index in [1.54, 1.807) is 6.07 Å². The first-order valence-electron chi connectivity index (χ1n) is 6.66. The molecule has 1 amide bonds. The maximum atomic E-state index is 13.4. The number of nitriles is 1. The van der Waals surface area contributed by atoms with Gasteiger partial charge in [0.05, 0.1) is 22.9 Å². The van der Waals surface area contributed by atoms with Crippen molar-refractivity contribution in [3.05, 3.63) is 64.5 Å². The third-order valence-corrected chi connectivity index (χ3v) is 3.20. The largest absolute Gasteiger partial charge is 0.418 e. The fraction of sp³-hybridized carbons (Fsp3) is 0.125. The van der Waals surface area contributed by atoms with Gasteiger partial charge in [0.15, 0.2) is 0 Å². The summed E-state index contributed by atoms with van der Waals surface area (Å²) in [6.07, 6.45) is -4.71. The number of carbonyl (C=O) groups is 1. The molecule has 0 aromatic heterocycles. The van der Waals surface area contributed by atoms with E-state index in [4.69, 9.17) is 5.26 Å². The summed E-state index contributed by atoms with van der Waals surface area (Å²) in [7, 11) is 0. The number of hydrogen-bond donors (Lipinski definition) is 2. The molecule has 0 aliphatic carbocycles. The first kappa shape index (κ1) is 17.3. The molecule has 2 aromatic rings. The van der Waals surface area contributed by atoms with Crippen LogP contribution in [-0.4, -0.2) is 5.91 Å². The summed E-state index contributed by atoms with van der Waals surface area (Å²) >= 11 is 0. The third-order valence-electron chi connectivity index (χ3n) is 3.20. The fourth-order valence-corrected chi connectivity index (χ4v) is 1.89. The second kappa shape index (κ2) is 6.58. The van der Waals surface area contributed by atoms with Crippen molar-refractivity contribution in [2.24, 2.45) is 0 Å². The molecule has 24 heavy (non-hydrogen) atoms. The standard InChI is InChI=1S/C16H11F4N3O/c1-9-2-4-11(7-13(9)17)15(24)23-22-14-5-3-10(8-21)6-12(14)16(18,19)20/h2-7,22H,1H3,(H,23,24). The lowest BCUT2D eigenvalue weighted by Crippen LogP contribution is -2.30. The van der Waals surface area contributed by atoms with Gasteiger partial charge in [-0.3, -0.25) is 15.6 Å². The average Bonchev–Trinajstić information content (AvgIpc) is 2.54. The van der Waals surface area contributed by atoms with Gasteiger partial charge in [0.1, 0.15) is 5.82 Å². The Kier molecular flexibility index (Phi) is 4.74. The quantitative estimate of drug-likeness (QED) is 0.662. The Labute approximate surface area is 134 Å². The lowest BCUT2D eigenvalue weighted by molar-refractivity contribution is -0.137. The summed E-state index contributed by atoms with van der Waals surface area (Å²) in [5.41, 5.74) is 2.82. The maximum absolute atomic E-state index is 13.4. The van der Waals surface area contributed by atoms with Crippen LogP contribution in [0.25, 0.3) is 0 Å². The van der Waals surface area contributed by atoms with Crippen molar-refractivity contribution >= 4 is 11.6 Å². The SMILES string of the molecule is Cc1ccc(C(=O)NNc2ccc(C#N)cc2C(F)(F)F)cc1F. The van der Waals surface area contributed by atoms with Crippen LogP contribution < -0.4 is 10.9 Å². The zero-order valence-electron chi connectivity index (χ0n) is 12.3. The van der Waals surface area contributed by atoms with Gasteiger partial charge in [0.2, 0.25) is 0 Å². The van der Waals surface area contributed by atoms with E-state index in [0.717, 1.165) is 12.1 Å². The van der Waals surface area contributed by atoms with Gasteiger partial charge in [-0.2, -0.15) is 18.4 Å². The highest BCUT2D eigenvalue weighted by molar-refractivity contribution is 5.95. The van der Waals surface area contributed by atoms with Gasteiger partial charge in [-0.05, 0) is 42.8 Å². The summed E-state index contributed by atoms with van der Waals surface area (Å²) in [4.78, 5) is 11.9. The van der Waals surface area contributed by atoms with E-state index in [2.05, 4.69) is 10.9 Å². The van der Waals surface area contributed by atoms with Crippen LogP contribution in [0.4, 0.5) is 23.2 Å². The van der Waals surface area contributed by atoms with Crippen LogP contribution in [0.15, 0.2) is 36.4 Å². The second-order valence-electron chi connectivity index (χ2n) is 4.91. The molecule has 2 rings (SSSR count). The van der Waals surface area contributed by atoms with Crippen molar-refractivity contribution in [2.75, 3.05) is 5.43 Å². The molecule has 0 aliphatic heterocycles. The molecule has 0 saturated heterocycles. The van der Waals surface area contributed by atoms with Gasteiger partial charge in [-0.25, -0.2) is 4.39 Å². The van der Waals surface area contributed by atoms with Gasteiger partial charge in [-0.1, -0.05) is 6.07 Å². The number of hydrogen-bond acceptors (Lipinski definition) is 3. The van der Waals surface area contributed by atoms with E-state index in [0.29, 0.717) is 11.6 Å². The normalized spacial score (nSPS) is 10.8. The summed E-state index contributed by atoms with van der Waals surface area (Å²) in [5, 5.41) is 8.69. The van der Waals surface area contributed by atoms with Crippen molar-refractivity contribution in [3.8, 4) is 6.07 Å². The minimum absolute atomic E-state index is 0.0483.